The van der Waals surface area contributed by atoms with Gasteiger partial charge in [0.05, 0.1) is 16.5 Å². The number of para-hydroxylation sites is 1. The van der Waals surface area contributed by atoms with E-state index in [0.717, 1.165) is 6.20 Å². The Labute approximate surface area is 181 Å². The second-order valence-corrected chi connectivity index (χ2v) is 8.53. The van der Waals surface area contributed by atoms with Crippen LogP contribution in [0.2, 0.25) is 5.02 Å². The topological polar surface area (TPSA) is 138 Å². The van der Waals surface area contributed by atoms with Crippen molar-refractivity contribution in [3.05, 3.63) is 55.8 Å². The molecule has 2 aromatic rings. The molecule has 0 amide bonds. The number of benzene rings is 1. The summed E-state index contributed by atoms with van der Waals surface area (Å²) in [5, 5.41) is 9.81. The van der Waals surface area contributed by atoms with E-state index in [-0.39, 0.29) is 18.1 Å². The lowest BCUT2D eigenvalue weighted by molar-refractivity contribution is -0.179. The summed E-state index contributed by atoms with van der Waals surface area (Å²) in [6.07, 6.45) is -3.79. The summed E-state index contributed by atoms with van der Waals surface area (Å²) >= 11 is 5.67. The molecule has 0 bridgehead atoms. The number of nitrogens with zero attached hydrogens (tertiary/aromatic N) is 1. The Bertz CT molecular complexity index is 1240. The van der Waals surface area contributed by atoms with Crippen molar-refractivity contribution < 1.29 is 39.8 Å². The van der Waals surface area contributed by atoms with E-state index >= 15 is 4.39 Å². The molecule has 0 saturated carbocycles. The highest BCUT2D eigenvalue weighted by Crippen LogP contribution is 2.57. The van der Waals surface area contributed by atoms with E-state index in [1.165, 1.54) is 13.2 Å². The Hall–Kier alpha value is -2.21. The minimum absolute atomic E-state index is 0.0297. The minimum atomic E-state index is -4.73. The number of methoxy groups -OCH3 is 1. The molecule has 1 fully saturated rings. The van der Waals surface area contributed by atoms with Crippen LogP contribution in [0.25, 0.3) is 0 Å². The van der Waals surface area contributed by atoms with Crippen LogP contribution in [0.3, 0.4) is 0 Å². The van der Waals surface area contributed by atoms with Gasteiger partial charge in [0.25, 0.3) is 5.56 Å². The fourth-order valence-corrected chi connectivity index (χ4v) is 4.31. The number of phosphoric acid groups is 1. The molecule has 4 rings (SSSR count). The average molecular weight is 481 g/mol. The number of ether oxygens (including phenoxy) is 2. The summed E-state index contributed by atoms with van der Waals surface area (Å²) in [5.41, 5.74) is -1.58. The molecule has 2 N–H and O–H groups in total. The molecule has 0 aliphatic carbocycles. The Morgan fingerprint density at radius 1 is 1.52 bits per heavy atom. The van der Waals surface area contributed by atoms with E-state index in [2.05, 4.69) is 0 Å². The van der Waals surface area contributed by atoms with E-state index in [0.29, 0.717) is 10.1 Å². The van der Waals surface area contributed by atoms with Crippen molar-refractivity contribution in [1.29, 1.82) is 0 Å². The van der Waals surface area contributed by atoms with Crippen LogP contribution in [-0.2, 0) is 25.0 Å². The lowest BCUT2D eigenvalue weighted by Crippen LogP contribution is -2.36. The van der Waals surface area contributed by atoms with Gasteiger partial charge in [0.15, 0.2) is 17.7 Å². The quantitative estimate of drug-likeness (QED) is 0.614. The number of halogens is 2. The normalized spacial score (nSPS) is 31.4. The Kier molecular flexibility index (Phi) is 5.05. The Morgan fingerprint density at radius 2 is 2.29 bits per heavy atom. The SMILES string of the molecule is [2H]C([2H])(OP1(=O)OCc2cccc(OC)c2O1)[C@]1(F)C[C@@H](O)[C@H](n2cc(Cl)c(=O)[nH]c2=O)O1. The largest absolute Gasteiger partial charge is 0.530 e. The molecule has 168 valence electrons. The number of H-pyrrole nitrogens is 1. The lowest BCUT2D eigenvalue weighted by atomic mass is 10.2. The summed E-state index contributed by atoms with van der Waals surface area (Å²) < 4.78 is 70.4. The van der Waals surface area contributed by atoms with Gasteiger partial charge in [-0.2, -0.15) is 0 Å². The molecule has 31 heavy (non-hydrogen) atoms. The van der Waals surface area contributed by atoms with Crippen LogP contribution in [0, 0.1) is 0 Å². The molecule has 4 atom stereocenters. The molecular weight excluding hydrogens is 462 g/mol. The molecule has 2 aliphatic rings. The number of fused-ring (bicyclic) bond motifs is 1. The number of aliphatic hydroxyl groups is 1. The molecule has 11 nitrogen and oxygen atoms in total. The molecule has 2 aliphatic heterocycles. The van der Waals surface area contributed by atoms with Gasteiger partial charge in [-0.05, 0) is 6.07 Å². The van der Waals surface area contributed by atoms with Crippen LogP contribution >= 0.6 is 19.4 Å². The van der Waals surface area contributed by atoms with Crippen molar-refractivity contribution in [2.75, 3.05) is 13.7 Å². The van der Waals surface area contributed by atoms with Crippen LogP contribution < -0.4 is 20.5 Å². The summed E-state index contributed by atoms with van der Waals surface area (Å²) in [7, 11) is -3.40. The van der Waals surface area contributed by atoms with Crippen LogP contribution in [0.1, 0.15) is 21.0 Å². The van der Waals surface area contributed by atoms with Crippen molar-refractivity contribution in [2.45, 2.75) is 31.2 Å². The van der Waals surface area contributed by atoms with E-state index < -0.39 is 55.3 Å². The number of hydrogen-bond acceptors (Lipinski definition) is 9. The van der Waals surface area contributed by atoms with Gasteiger partial charge in [0.1, 0.15) is 17.7 Å². The lowest BCUT2D eigenvalue weighted by Gasteiger charge is -2.28. The zero-order chi connectivity index (χ0) is 24.2. The molecule has 1 saturated heterocycles. The third kappa shape index (κ3) is 4.27. The number of alkyl halides is 1. The van der Waals surface area contributed by atoms with E-state index in [4.69, 9.17) is 37.4 Å². The molecule has 0 spiro atoms. The van der Waals surface area contributed by atoms with Crippen molar-refractivity contribution in [3.63, 3.8) is 0 Å². The fraction of sp³-hybridized carbons (Fsp3) is 0.412. The molecule has 1 aromatic carbocycles. The number of hydrogen-bond donors (Lipinski definition) is 2. The summed E-state index contributed by atoms with van der Waals surface area (Å²) in [5.74, 6) is -3.28. The maximum atomic E-state index is 15.6. The predicted molar refractivity (Wildman–Crippen MR) is 103 cm³/mol. The first kappa shape index (κ1) is 19.5. The van der Waals surface area contributed by atoms with Gasteiger partial charge in [-0.3, -0.25) is 23.4 Å². The smallest absolute Gasteiger partial charge is 0.493 e. The van der Waals surface area contributed by atoms with Crippen molar-refractivity contribution in [3.8, 4) is 11.5 Å². The van der Waals surface area contributed by atoms with Gasteiger partial charge >= 0.3 is 13.5 Å². The maximum Gasteiger partial charge on any atom is 0.530 e. The predicted octanol–water partition coefficient (Wildman–Crippen LogP) is 1.88. The standard InChI is InChI=1S/C17H17ClFN2O9P/c1-26-12-4-2-3-9-7-27-31(25,30-13(9)12)28-8-17(19)5-11(22)15(29-17)21-6-10(18)14(23)20-16(21)24/h2-4,6,11,15,22H,5,7-8H2,1H3,(H,20,23,24)/t11-,15-,17+,31?/m1/s1/i8D2. The minimum Gasteiger partial charge on any atom is -0.493 e. The second-order valence-electron chi connectivity index (χ2n) is 6.61. The number of aromatic nitrogens is 2. The zero-order valence-electron chi connectivity index (χ0n) is 17.7. The average Bonchev–Trinajstić information content (AvgIpc) is 3.05. The van der Waals surface area contributed by atoms with E-state index in [9.17, 15) is 19.3 Å². The molecule has 14 heteroatoms. The van der Waals surface area contributed by atoms with Crippen molar-refractivity contribution in [1.82, 2.24) is 9.55 Å². The van der Waals surface area contributed by atoms with Gasteiger partial charge in [-0.15, -0.1) is 0 Å². The summed E-state index contributed by atoms with van der Waals surface area (Å²) in [6, 6.07) is 4.70. The Balaban J connectivity index is 1.60. The molecule has 1 aromatic heterocycles. The van der Waals surface area contributed by atoms with Gasteiger partial charge in [-0.1, -0.05) is 23.7 Å². The van der Waals surface area contributed by atoms with Gasteiger partial charge < -0.3 is 19.1 Å². The molecule has 3 heterocycles. The third-order valence-electron chi connectivity index (χ3n) is 4.48. The van der Waals surface area contributed by atoms with Crippen LogP contribution in [0.4, 0.5) is 4.39 Å². The Morgan fingerprint density at radius 3 is 3.03 bits per heavy atom. The first-order valence-corrected chi connectivity index (χ1v) is 10.6. The highest BCUT2D eigenvalue weighted by molar-refractivity contribution is 7.49. The van der Waals surface area contributed by atoms with Crippen LogP contribution in [0.15, 0.2) is 34.0 Å². The number of nitrogens with one attached hydrogen (secondary N) is 1. The summed E-state index contributed by atoms with van der Waals surface area (Å²) in [6.45, 7) is -3.80. The van der Waals surface area contributed by atoms with E-state index in [1.54, 1.807) is 12.1 Å². The molecule has 1 unspecified atom stereocenters. The van der Waals surface area contributed by atoms with E-state index in [1.807, 2.05) is 4.98 Å². The first-order chi connectivity index (χ1) is 15.4. The number of phosphoric ester groups is 1. The maximum absolute atomic E-state index is 15.6. The number of rotatable bonds is 5. The van der Waals surface area contributed by atoms with Crippen molar-refractivity contribution >= 4 is 19.4 Å². The third-order valence-corrected chi connectivity index (χ3v) is 5.91. The summed E-state index contributed by atoms with van der Waals surface area (Å²) in [4.78, 5) is 25.3. The van der Waals surface area contributed by atoms with Gasteiger partial charge in [0.2, 0.25) is 5.85 Å². The number of aliphatic hydroxyl groups excluding tert-OH is 1. The highest BCUT2D eigenvalue weighted by Gasteiger charge is 2.50. The van der Waals surface area contributed by atoms with Gasteiger partial charge in [0, 0.05) is 18.2 Å². The first-order valence-electron chi connectivity index (χ1n) is 9.75. The van der Waals surface area contributed by atoms with Crippen molar-refractivity contribution in [2.24, 2.45) is 0 Å². The molecule has 0 radical (unpaired) electrons. The molecular formula is C17H17ClFN2O9P. The fourth-order valence-electron chi connectivity index (χ4n) is 3.04. The zero-order valence-corrected chi connectivity index (χ0v) is 17.4. The van der Waals surface area contributed by atoms with Crippen LogP contribution in [-0.4, -0.2) is 40.3 Å². The highest BCUT2D eigenvalue weighted by atomic mass is 35.5. The number of aromatic amines is 1. The second kappa shape index (κ2) is 8.05. The van der Waals surface area contributed by atoms with Crippen LogP contribution in [0.5, 0.6) is 11.5 Å². The van der Waals surface area contributed by atoms with Gasteiger partial charge in [-0.25, -0.2) is 13.8 Å². The monoisotopic (exact) mass is 480 g/mol.